The van der Waals surface area contributed by atoms with E-state index in [1.165, 1.54) is 6.07 Å². The van der Waals surface area contributed by atoms with Crippen molar-refractivity contribution < 1.29 is 9.13 Å². The molecule has 0 aliphatic rings. The highest BCUT2D eigenvalue weighted by atomic mass is 35.5. The molecule has 2 atom stereocenters. The molecule has 104 valence electrons. The van der Waals surface area contributed by atoms with Gasteiger partial charge in [0.25, 0.3) is 0 Å². The Kier molecular flexibility index (Phi) is 4.11. The van der Waals surface area contributed by atoms with Gasteiger partial charge in [0.1, 0.15) is 11.6 Å². The van der Waals surface area contributed by atoms with E-state index >= 15 is 0 Å². The molecular formula is C14H18ClFN2O. The summed E-state index contributed by atoms with van der Waals surface area (Å²) in [5, 5.41) is -0.236. The summed E-state index contributed by atoms with van der Waals surface area (Å²) >= 11 is 6.17. The van der Waals surface area contributed by atoms with E-state index in [2.05, 4.69) is 4.98 Å². The third-order valence-electron chi connectivity index (χ3n) is 3.26. The first-order valence-corrected chi connectivity index (χ1v) is 6.70. The lowest BCUT2D eigenvalue weighted by molar-refractivity contribution is 0.103. The van der Waals surface area contributed by atoms with E-state index < -0.39 is 0 Å². The van der Waals surface area contributed by atoms with Gasteiger partial charge in [-0.25, -0.2) is 9.37 Å². The average Bonchev–Trinajstić information content (AvgIpc) is 2.68. The van der Waals surface area contributed by atoms with Crippen LogP contribution in [0.25, 0.3) is 11.0 Å². The van der Waals surface area contributed by atoms with Crippen molar-refractivity contribution in [3.05, 3.63) is 29.3 Å². The molecule has 2 unspecified atom stereocenters. The van der Waals surface area contributed by atoms with Gasteiger partial charge in [-0.05, 0) is 32.4 Å². The number of aryl methyl sites for hydroxylation is 1. The van der Waals surface area contributed by atoms with E-state index in [0.717, 1.165) is 11.3 Å². The van der Waals surface area contributed by atoms with Crippen molar-refractivity contribution >= 4 is 22.6 Å². The van der Waals surface area contributed by atoms with Crippen molar-refractivity contribution in [3.63, 3.8) is 0 Å². The van der Waals surface area contributed by atoms with Crippen molar-refractivity contribution in [3.8, 4) is 0 Å². The Morgan fingerprint density at radius 1 is 1.42 bits per heavy atom. The van der Waals surface area contributed by atoms with E-state index in [4.69, 9.17) is 16.3 Å². The predicted octanol–water partition coefficient (Wildman–Crippen LogP) is 3.82. The smallest absolute Gasteiger partial charge is 0.128 e. The summed E-state index contributed by atoms with van der Waals surface area (Å²) < 4.78 is 20.9. The quantitative estimate of drug-likeness (QED) is 0.798. The second kappa shape index (κ2) is 5.47. The maximum Gasteiger partial charge on any atom is 0.128 e. The summed E-state index contributed by atoms with van der Waals surface area (Å²) in [5.74, 6) is 0.497. The van der Waals surface area contributed by atoms with E-state index in [1.54, 1.807) is 14.0 Å². The van der Waals surface area contributed by atoms with Gasteiger partial charge >= 0.3 is 0 Å². The van der Waals surface area contributed by atoms with Crippen molar-refractivity contribution in [1.29, 1.82) is 0 Å². The van der Waals surface area contributed by atoms with Gasteiger partial charge in [-0.1, -0.05) is 0 Å². The molecule has 0 aliphatic heterocycles. The van der Waals surface area contributed by atoms with E-state index in [-0.39, 0.29) is 17.3 Å². The Hall–Kier alpha value is -1.13. The maximum atomic E-state index is 13.6. The summed E-state index contributed by atoms with van der Waals surface area (Å²) in [7, 11) is 1.67. The van der Waals surface area contributed by atoms with Gasteiger partial charge in [0.2, 0.25) is 0 Å². The summed E-state index contributed by atoms with van der Waals surface area (Å²) in [4.78, 5) is 4.44. The normalized spacial score (nSPS) is 14.8. The molecular weight excluding hydrogens is 267 g/mol. The molecule has 0 spiro atoms. The summed E-state index contributed by atoms with van der Waals surface area (Å²) in [5.41, 5.74) is 2.13. The molecule has 1 heterocycles. The molecule has 19 heavy (non-hydrogen) atoms. The Balaban J connectivity index is 2.62. The fraction of sp³-hybridized carbons (Fsp3) is 0.500. The number of alkyl halides is 1. The molecule has 0 N–H and O–H groups in total. The van der Waals surface area contributed by atoms with Crippen LogP contribution in [0.2, 0.25) is 0 Å². The Morgan fingerprint density at radius 3 is 2.68 bits per heavy atom. The summed E-state index contributed by atoms with van der Waals surface area (Å²) in [6.45, 7) is 6.23. The van der Waals surface area contributed by atoms with Gasteiger partial charge in [-0.3, -0.25) is 0 Å². The molecule has 0 bridgehead atoms. The number of hydrogen-bond donors (Lipinski definition) is 0. The van der Waals surface area contributed by atoms with Gasteiger partial charge < -0.3 is 9.30 Å². The molecule has 0 saturated carbocycles. The minimum absolute atomic E-state index is 0.0388. The molecule has 0 radical (unpaired) electrons. The number of imidazole rings is 1. The molecule has 1 aromatic carbocycles. The Labute approximate surface area is 117 Å². The number of nitrogens with zero attached hydrogens (tertiary/aromatic N) is 2. The first-order chi connectivity index (χ1) is 8.93. The number of fused-ring (bicyclic) bond motifs is 1. The highest BCUT2D eigenvalue weighted by Crippen LogP contribution is 2.26. The van der Waals surface area contributed by atoms with Crippen LogP contribution in [0, 0.1) is 12.7 Å². The predicted molar refractivity (Wildman–Crippen MR) is 75.2 cm³/mol. The number of rotatable bonds is 4. The molecule has 2 rings (SSSR count). The third-order valence-corrected chi connectivity index (χ3v) is 3.45. The third kappa shape index (κ3) is 2.74. The van der Waals surface area contributed by atoms with Crippen LogP contribution in [0.15, 0.2) is 12.1 Å². The van der Waals surface area contributed by atoms with Crippen LogP contribution in [0.5, 0.6) is 0 Å². The number of hydrogen-bond acceptors (Lipinski definition) is 2. The zero-order valence-electron chi connectivity index (χ0n) is 11.6. The zero-order valence-corrected chi connectivity index (χ0v) is 12.3. The largest absolute Gasteiger partial charge is 0.380 e. The van der Waals surface area contributed by atoms with Crippen LogP contribution < -0.4 is 0 Å². The number of benzene rings is 1. The lowest BCUT2D eigenvalue weighted by atomic mass is 10.2. The summed E-state index contributed by atoms with van der Waals surface area (Å²) in [6.07, 6.45) is 0.0388. The first-order valence-electron chi connectivity index (χ1n) is 6.27. The fourth-order valence-corrected chi connectivity index (χ4v) is 2.26. The highest BCUT2D eigenvalue weighted by Gasteiger charge is 2.17. The topological polar surface area (TPSA) is 27.1 Å². The molecule has 5 heteroatoms. The standard InChI is InChI=1S/C14H18ClFN2O/c1-8-5-13-12(6-11(8)16)17-14(10(3)15)18(13)7-9(2)19-4/h5-6,9-10H,7H2,1-4H3. The van der Waals surface area contributed by atoms with Crippen LogP contribution >= 0.6 is 11.6 Å². The Bertz CT molecular complexity index is 595. The van der Waals surface area contributed by atoms with Crippen LogP contribution in [0.1, 0.15) is 30.6 Å². The molecule has 0 amide bonds. The van der Waals surface area contributed by atoms with E-state index in [1.807, 2.05) is 24.5 Å². The second-order valence-corrected chi connectivity index (χ2v) is 5.49. The van der Waals surface area contributed by atoms with Crippen molar-refractivity contribution in [2.45, 2.75) is 38.8 Å². The highest BCUT2D eigenvalue weighted by molar-refractivity contribution is 6.20. The molecule has 0 fully saturated rings. The van der Waals surface area contributed by atoms with Gasteiger partial charge in [0.05, 0.1) is 29.1 Å². The molecule has 0 saturated heterocycles. The van der Waals surface area contributed by atoms with E-state index in [9.17, 15) is 4.39 Å². The number of aromatic nitrogens is 2. The van der Waals surface area contributed by atoms with Crippen LogP contribution in [-0.4, -0.2) is 22.8 Å². The SMILES string of the molecule is COC(C)Cn1c(C(C)Cl)nc2cc(F)c(C)cc21. The minimum Gasteiger partial charge on any atom is -0.380 e. The van der Waals surface area contributed by atoms with Crippen LogP contribution in [0.4, 0.5) is 4.39 Å². The van der Waals surface area contributed by atoms with Gasteiger partial charge in [-0.2, -0.15) is 0 Å². The van der Waals surface area contributed by atoms with Gasteiger partial charge in [0, 0.05) is 13.2 Å². The average molecular weight is 285 g/mol. The number of halogens is 2. The van der Waals surface area contributed by atoms with Crippen molar-refractivity contribution in [1.82, 2.24) is 9.55 Å². The molecule has 3 nitrogen and oxygen atoms in total. The van der Waals surface area contributed by atoms with Crippen molar-refractivity contribution in [2.75, 3.05) is 7.11 Å². The number of ether oxygens (including phenoxy) is 1. The van der Waals surface area contributed by atoms with Crippen molar-refractivity contribution in [2.24, 2.45) is 0 Å². The van der Waals surface area contributed by atoms with Gasteiger partial charge in [0.15, 0.2) is 0 Å². The molecule has 1 aromatic heterocycles. The first kappa shape index (κ1) is 14.3. The van der Waals surface area contributed by atoms with Crippen LogP contribution in [-0.2, 0) is 11.3 Å². The number of methoxy groups -OCH3 is 1. The second-order valence-electron chi connectivity index (χ2n) is 4.83. The van der Waals surface area contributed by atoms with Gasteiger partial charge in [-0.15, -0.1) is 11.6 Å². The Morgan fingerprint density at radius 2 is 2.11 bits per heavy atom. The lowest BCUT2D eigenvalue weighted by Gasteiger charge is -2.15. The molecule has 0 aliphatic carbocycles. The van der Waals surface area contributed by atoms with Crippen LogP contribution in [0.3, 0.4) is 0 Å². The zero-order chi connectivity index (χ0) is 14.2. The monoisotopic (exact) mass is 284 g/mol. The molecule has 2 aromatic rings. The fourth-order valence-electron chi connectivity index (χ4n) is 2.10. The van der Waals surface area contributed by atoms with E-state index in [0.29, 0.717) is 17.6 Å². The summed E-state index contributed by atoms with van der Waals surface area (Å²) in [6, 6.07) is 3.27. The maximum absolute atomic E-state index is 13.6. The minimum atomic E-state index is -0.245. The lowest BCUT2D eigenvalue weighted by Crippen LogP contribution is -2.17.